The van der Waals surface area contributed by atoms with Gasteiger partial charge in [0, 0.05) is 28.7 Å². The maximum Gasteiger partial charge on any atom is 0.256 e. The molecule has 0 saturated carbocycles. The molecule has 0 fully saturated rings. The van der Waals surface area contributed by atoms with Gasteiger partial charge in [-0.25, -0.2) is 4.98 Å². The monoisotopic (exact) mass is 485 g/mol. The number of pyridine rings is 1. The van der Waals surface area contributed by atoms with Gasteiger partial charge in [0.25, 0.3) is 5.91 Å². The van der Waals surface area contributed by atoms with Crippen molar-refractivity contribution in [3.63, 3.8) is 0 Å². The summed E-state index contributed by atoms with van der Waals surface area (Å²) in [5, 5.41) is 6.45. The SMILES string of the molecule is CCC(=O)Nc1cccc(NC(=O)c2cc(-c3cc(OC)c(OC)c(OC)c3)nc3ccccc23)c1. The first-order valence-corrected chi connectivity index (χ1v) is 11.4. The zero-order chi connectivity index (χ0) is 25.7. The minimum Gasteiger partial charge on any atom is -0.493 e. The van der Waals surface area contributed by atoms with Crippen molar-refractivity contribution < 1.29 is 23.8 Å². The van der Waals surface area contributed by atoms with Gasteiger partial charge >= 0.3 is 0 Å². The standard InChI is InChI=1S/C28H27N3O5/c1-5-26(32)29-18-9-8-10-19(15-18)30-28(33)21-16-23(31-22-12-7-6-11-20(21)22)17-13-24(34-2)27(36-4)25(14-17)35-3/h6-16H,5H2,1-4H3,(H,29,32)(H,30,33). The van der Waals surface area contributed by atoms with Crippen molar-refractivity contribution in [1.82, 2.24) is 4.98 Å². The molecule has 2 N–H and O–H groups in total. The molecule has 0 unspecified atom stereocenters. The lowest BCUT2D eigenvalue weighted by atomic mass is 10.0. The van der Waals surface area contributed by atoms with Gasteiger partial charge in [0.15, 0.2) is 11.5 Å². The fraction of sp³-hybridized carbons (Fsp3) is 0.179. The first-order chi connectivity index (χ1) is 17.5. The van der Waals surface area contributed by atoms with Gasteiger partial charge in [-0.15, -0.1) is 0 Å². The molecule has 0 saturated heterocycles. The third kappa shape index (κ3) is 5.07. The molecule has 0 aliphatic heterocycles. The maximum absolute atomic E-state index is 13.5. The van der Waals surface area contributed by atoms with Crippen LogP contribution in [-0.2, 0) is 4.79 Å². The predicted molar refractivity (Wildman–Crippen MR) is 140 cm³/mol. The zero-order valence-corrected chi connectivity index (χ0v) is 20.5. The average Bonchev–Trinajstić information content (AvgIpc) is 2.91. The first-order valence-electron chi connectivity index (χ1n) is 11.4. The van der Waals surface area contributed by atoms with Crippen LogP contribution >= 0.6 is 0 Å². The lowest BCUT2D eigenvalue weighted by Crippen LogP contribution is -2.14. The number of nitrogens with one attached hydrogen (secondary N) is 2. The van der Waals surface area contributed by atoms with Gasteiger partial charge in [-0.05, 0) is 42.5 Å². The number of anilines is 2. The Labute approximate surface area is 209 Å². The summed E-state index contributed by atoms with van der Waals surface area (Å²) in [6.45, 7) is 1.78. The van der Waals surface area contributed by atoms with Crippen molar-refractivity contribution >= 4 is 34.1 Å². The van der Waals surface area contributed by atoms with E-state index >= 15 is 0 Å². The molecule has 36 heavy (non-hydrogen) atoms. The number of carbonyl (C=O) groups is 2. The number of hydrogen-bond acceptors (Lipinski definition) is 6. The van der Waals surface area contributed by atoms with E-state index in [-0.39, 0.29) is 11.8 Å². The minimum absolute atomic E-state index is 0.103. The second-order valence-electron chi connectivity index (χ2n) is 7.92. The van der Waals surface area contributed by atoms with Gasteiger partial charge in [-0.1, -0.05) is 31.2 Å². The number of methoxy groups -OCH3 is 3. The van der Waals surface area contributed by atoms with Crippen molar-refractivity contribution in [3.8, 4) is 28.5 Å². The highest BCUT2D eigenvalue weighted by Gasteiger charge is 2.18. The summed E-state index contributed by atoms with van der Waals surface area (Å²) in [6.07, 6.45) is 0.364. The molecule has 184 valence electrons. The molecule has 2 amide bonds. The van der Waals surface area contributed by atoms with E-state index in [2.05, 4.69) is 10.6 Å². The largest absolute Gasteiger partial charge is 0.493 e. The van der Waals surface area contributed by atoms with Crippen LogP contribution in [0.25, 0.3) is 22.2 Å². The van der Waals surface area contributed by atoms with Gasteiger partial charge in [0.05, 0.1) is 38.1 Å². The molecule has 4 aromatic rings. The Bertz CT molecular complexity index is 1410. The third-order valence-electron chi connectivity index (χ3n) is 5.65. The topological polar surface area (TPSA) is 98.8 Å². The summed E-state index contributed by atoms with van der Waals surface area (Å²) < 4.78 is 16.4. The maximum atomic E-state index is 13.5. The second kappa shape index (κ2) is 10.8. The molecule has 8 nitrogen and oxygen atoms in total. The molecule has 4 rings (SSSR count). The van der Waals surface area contributed by atoms with Gasteiger partial charge in [0.2, 0.25) is 11.7 Å². The van der Waals surface area contributed by atoms with E-state index in [1.165, 1.54) is 0 Å². The van der Waals surface area contributed by atoms with Crippen LogP contribution in [0.3, 0.4) is 0 Å². The average molecular weight is 486 g/mol. The van der Waals surface area contributed by atoms with Crippen molar-refractivity contribution in [2.45, 2.75) is 13.3 Å². The quantitative estimate of drug-likeness (QED) is 0.341. The summed E-state index contributed by atoms with van der Waals surface area (Å²) in [7, 11) is 4.63. The molecule has 0 radical (unpaired) electrons. The van der Waals surface area contributed by atoms with Crippen LogP contribution in [0.1, 0.15) is 23.7 Å². The summed E-state index contributed by atoms with van der Waals surface area (Å²) in [4.78, 5) is 30.0. The van der Waals surface area contributed by atoms with E-state index in [4.69, 9.17) is 19.2 Å². The number of carbonyl (C=O) groups excluding carboxylic acids is 2. The predicted octanol–water partition coefficient (Wildman–Crippen LogP) is 5.53. The Morgan fingerprint density at radius 2 is 1.47 bits per heavy atom. The molecule has 1 heterocycles. The Kier molecular flexibility index (Phi) is 7.34. The highest BCUT2D eigenvalue weighted by molar-refractivity contribution is 6.13. The van der Waals surface area contributed by atoms with E-state index < -0.39 is 0 Å². The van der Waals surface area contributed by atoms with Gasteiger partial charge in [-0.3, -0.25) is 9.59 Å². The van der Waals surface area contributed by atoms with E-state index in [1.54, 1.807) is 70.7 Å². The number of hydrogen-bond donors (Lipinski definition) is 2. The van der Waals surface area contributed by atoms with Crippen LogP contribution in [0.15, 0.2) is 66.7 Å². The van der Waals surface area contributed by atoms with Crippen LogP contribution in [0, 0.1) is 0 Å². The summed E-state index contributed by atoms with van der Waals surface area (Å²) >= 11 is 0. The molecule has 0 bridgehead atoms. The van der Waals surface area contributed by atoms with Crippen molar-refractivity contribution in [3.05, 3.63) is 72.3 Å². The fourth-order valence-electron chi connectivity index (χ4n) is 3.86. The Hall–Kier alpha value is -4.59. The lowest BCUT2D eigenvalue weighted by molar-refractivity contribution is -0.115. The van der Waals surface area contributed by atoms with Crippen LogP contribution in [0.5, 0.6) is 17.2 Å². The van der Waals surface area contributed by atoms with E-state index in [1.807, 2.05) is 24.3 Å². The fourth-order valence-corrected chi connectivity index (χ4v) is 3.86. The summed E-state index contributed by atoms with van der Waals surface area (Å²) in [6, 6.07) is 19.8. The van der Waals surface area contributed by atoms with Crippen molar-refractivity contribution in [2.24, 2.45) is 0 Å². The van der Waals surface area contributed by atoms with Gasteiger partial charge in [-0.2, -0.15) is 0 Å². The molecular weight excluding hydrogens is 458 g/mol. The van der Waals surface area contributed by atoms with E-state index in [0.29, 0.717) is 62.8 Å². The highest BCUT2D eigenvalue weighted by Crippen LogP contribution is 2.41. The zero-order valence-electron chi connectivity index (χ0n) is 20.5. The van der Waals surface area contributed by atoms with E-state index in [9.17, 15) is 9.59 Å². The molecule has 3 aromatic carbocycles. The normalized spacial score (nSPS) is 10.6. The molecule has 0 atom stereocenters. The molecule has 8 heteroatoms. The number of para-hydroxylation sites is 1. The minimum atomic E-state index is -0.304. The molecule has 0 spiro atoms. The van der Waals surface area contributed by atoms with Crippen LogP contribution in [-0.4, -0.2) is 38.1 Å². The summed E-state index contributed by atoms with van der Waals surface area (Å²) in [5.41, 5.74) is 3.56. The highest BCUT2D eigenvalue weighted by atomic mass is 16.5. The van der Waals surface area contributed by atoms with Crippen molar-refractivity contribution in [1.29, 1.82) is 0 Å². The number of ether oxygens (including phenoxy) is 3. The molecule has 0 aliphatic rings. The number of benzene rings is 3. The van der Waals surface area contributed by atoms with Crippen molar-refractivity contribution in [2.75, 3.05) is 32.0 Å². The molecular formula is C28H27N3O5. The third-order valence-corrected chi connectivity index (χ3v) is 5.65. The number of amides is 2. The van der Waals surface area contributed by atoms with Gasteiger partial charge in [0.1, 0.15) is 0 Å². The second-order valence-corrected chi connectivity index (χ2v) is 7.92. The molecule has 1 aromatic heterocycles. The Balaban J connectivity index is 1.76. The number of aromatic nitrogens is 1. The van der Waals surface area contributed by atoms with E-state index in [0.717, 1.165) is 0 Å². The van der Waals surface area contributed by atoms with Crippen LogP contribution in [0.4, 0.5) is 11.4 Å². The first kappa shape index (κ1) is 24.5. The lowest BCUT2D eigenvalue weighted by Gasteiger charge is -2.15. The number of rotatable bonds is 8. The van der Waals surface area contributed by atoms with Gasteiger partial charge < -0.3 is 24.8 Å². The van der Waals surface area contributed by atoms with Crippen LogP contribution in [0.2, 0.25) is 0 Å². The molecule has 0 aliphatic carbocycles. The number of nitrogens with zero attached hydrogens (tertiary/aromatic N) is 1. The Morgan fingerprint density at radius 1 is 0.806 bits per heavy atom. The smallest absolute Gasteiger partial charge is 0.256 e. The van der Waals surface area contributed by atoms with Crippen LogP contribution < -0.4 is 24.8 Å². The Morgan fingerprint density at radius 3 is 2.11 bits per heavy atom. The number of fused-ring (bicyclic) bond motifs is 1. The summed E-state index contributed by atoms with van der Waals surface area (Å²) in [5.74, 6) is 1.03.